The van der Waals surface area contributed by atoms with Gasteiger partial charge in [0.1, 0.15) is 5.82 Å². The maximum atomic E-state index is 15.4. The van der Waals surface area contributed by atoms with E-state index in [1.165, 1.54) is 12.1 Å². The number of amides is 1. The summed E-state index contributed by atoms with van der Waals surface area (Å²) in [4.78, 5) is 32.7. The summed E-state index contributed by atoms with van der Waals surface area (Å²) < 4.78 is 56.1. The van der Waals surface area contributed by atoms with E-state index in [1.807, 2.05) is 42.8 Å². The van der Waals surface area contributed by atoms with E-state index in [2.05, 4.69) is 15.2 Å². The van der Waals surface area contributed by atoms with Crippen molar-refractivity contribution < 1.29 is 22.4 Å². The Kier molecular flexibility index (Phi) is 7.12. The van der Waals surface area contributed by atoms with E-state index in [1.54, 1.807) is 0 Å². The fraction of sp³-hybridized carbons (Fsp3) is 0.440. The Morgan fingerprint density at radius 3 is 2.36 bits per heavy atom. The van der Waals surface area contributed by atoms with Crippen LogP contribution in [-0.2, 0) is 6.18 Å². The third-order valence-electron chi connectivity index (χ3n) is 6.89. The number of rotatable bonds is 4. The Hall–Kier alpha value is -3.34. The standard InChI is InChI=1S/C25H29F4N5O2/c1-15-13-34(14-16(2)32(15)3)22-10-19(26)21(33-7-5-4-6-8-33)11-20(22)31-24(36)17-12-30-23(35)9-18(17)25(27,28)29/h4-5,9-12,15-16H,6-8,13-14H2,1-3H3,(H,30,35)(H,31,36)/t15-,16+. The molecule has 194 valence electrons. The highest BCUT2D eigenvalue weighted by molar-refractivity contribution is 6.07. The lowest BCUT2D eigenvalue weighted by Crippen LogP contribution is -2.55. The van der Waals surface area contributed by atoms with Crippen molar-refractivity contribution in [2.45, 2.75) is 38.5 Å². The maximum Gasteiger partial charge on any atom is 0.417 e. The number of piperazine rings is 1. The van der Waals surface area contributed by atoms with Crippen LogP contribution in [0.1, 0.15) is 36.2 Å². The number of benzene rings is 1. The number of likely N-dealkylation sites (N-methyl/N-ethyl adjacent to an activating group) is 1. The van der Waals surface area contributed by atoms with Crippen LogP contribution in [0.15, 0.2) is 41.3 Å². The SMILES string of the molecule is C[C@@H]1CN(c2cc(F)c(N3CC=CCC3)cc2NC(=O)c2c[nH]c(=O)cc2C(F)(F)F)C[C@H](C)N1C. The second kappa shape index (κ2) is 9.96. The van der Waals surface area contributed by atoms with Gasteiger partial charge >= 0.3 is 6.18 Å². The van der Waals surface area contributed by atoms with Gasteiger partial charge in [0.2, 0.25) is 5.56 Å². The van der Waals surface area contributed by atoms with Crippen LogP contribution in [0.5, 0.6) is 0 Å². The van der Waals surface area contributed by atoms with Gasteiger partial charge in [-0.3, -0.25) is 14.5 Å². The third-order valence-corrected chi connectivity index (χ3v) is 6.89. The number of alkyl halides is 3. The molecule has 1 amide bonds. The van der Waals surface area contributed by atoms with Crippen molar-refractivity contribution in [3.63, 3.8) is 0 Å². The van der Waals surface area contributed by atoms with Crippen molar-refractivity contribution >= 4 is 23.0 Å². The Bertz CT molecular complexity index is 1210. The smallest absolute Gasteiger partial charge is 0.367 e. The fourth-order valence-electron chi connectivity index (χ4n) is 4.70. The van der Waals surface area contributed by atoms with Gasteiger partial charge in [-0.1, -0.05) is 12.2 Å². The Morgan fingerprint density at radius 1 is 1.06 bits per heavy atom. The van der Waals surface area contributed by atoms with Crippen LogP contribution >= 0.6 is 0 Å². The summed E-state index contributed by atoms with van der Waals surface area (Å²) in [6.07, 6.45) is 0.477. The largest absolute Gasteiger partial charge is 0.417 e. The summed E-state index contributed by atoms with van der Waals surface area (Å²) in [6.45, 7) is 6.19. The first-order valence-corrected chi connectivity index (χ1v) is 11.8. The van der Waals surface area contributed by atoms with E-state index in [0.29, 0.717) is 37.9 Å². The van der Waals surface area contributed by atoms with E-state index in [-0.39, 0.29) is 23.5 Å². The molecule has 3 heterocycles. The summed E-state index contributed by atoms with van der Waals surface area (Å²) in [6, 6.07) is 3.43. The molecule has 4 rings (SSSR count). The summed E-state index contributed by atoms with van der Waals surface area (Å²) in [5.41, 5.74) is -2.18. The predicted octanol–water partition coefficient (Wildman–Crippen LogP) is 4.08. The quantitative estimate of drug-likeness (QED) is 0.482. The molecule has 0 bridgehead atoms. The summed E-state index contributed by atoms with van der Waals surface area (Å²) in [5, 5.41) is 2.58. The van der Waals surface area contributed by atoms with Gasteiger partial charge in [0.25, 0.3) is 5.91 Å². The molecule has 1 saturated heterocycles. The summed E-state index contributed by atoms with van der Waals surface area (Å²) in [7, 11) is 2.00. The average molecular weight is 508 g/mol. The highest BCUT2D eigenvalue weighted by Gasteiger charge is 2.36. The number of carbonyl (C=O) groups is 1. The summed E-state index contributed by atoms with van der Waals surface area (Å²) in [5.74, 6) is -1.52. The van der Waals surface area contributed by atoms with E-state index in [0.717, 1.165) is 12.6 Å². The second-order valence-corrected chi connectivity index (χ2v) is 9.37. The van der Waals surface area contributed by atoms with Gasteiger partial charge in [-0.15, -0.1) is 0 Å². The van der Waals surface area contributed by atoms with Gasteiger partial charge in [0.15, 0.2) is 0 Å². The second-order valence-electron chi connectivity index (χ2n) is 9.37. The number of hydrogen-bond donors (Lipinski definition) is 2. The Labute approximate surface area is 206 Å². The van der Waals surface area contributed by atoms with Gasteiger partial charge in [-0.25, -0.2) is 4.39 Å². The number of nitrogens with one attached hydrogen (secondary N) is 2. The van der Waals surface area contributed by atoms with Crippen molar-refractivity contribution in [2.75, 3.05) is 48.3 Å². The van der Waals surface area contributed by atoms with Crippen molar-refractivity contribution in [1.29, 1.82) is 0 Å². The summed E-state index contributed by atoms with van der Waals surface area (Å²) >= 11 is 0. The lowest BCUT2D eigenvalue weighted by molar-refractivity contribution is -0.138. The third kappa shape index (κ3) is 5.25. The van der Waals surface area contributed by atoms with Crippen LogP contribution in [-0.4, -0.2) is 61.1 Å². The van der Waals surface area contributed by atoms with Gasteiger partial charge in [-0.2, -0.15) is 13.2 Å². The van der Waals surface area contributed by atoms with Crippen molar-refractivity contribution in [1.82, 2.24) is 9.88 Å². The highest BCUT2D eigenvalue weighted by atomic mass is 19.4. The van der Waals surface area contributed by atoms with Crippen LogP contribution in [0.2, 0.25) is 0 Å². The molecule has 2 aliphatic rings. The first-order chi connectivity index (χ1) is 17.0. The Morgan fingerprint density at radius 2 is 1.75 bits per heavy atom. The molecule has 2 aromatic rings. The number of anilines is 3. The molecule has 0 unspecified atom stereocenters. The van der Waals surface area contributed by atoms with Gasteiger partial charge in [-0.05, 0) is 33.4 Å². The number of halogens is 4. The molecular formula is C25H29F4N5O2. The molecular weight excluding hydrogens is 478 g/mol. The highest BCUT2D eigenvalue weighted by Crippen LogP contribution is 2.37. The zero-order valence-corrected chi connectivity index (χ0v) is 20.3. The van der Waals surface area contributed by atoms with E-state index in [4.69, 9.17) is 0 Å². The molecule has 1 aromatic heterocycles. The van der Waals surface area contributed by atoms with Gasteiger partial charge < -0.3 is 20.1 Å². The van der Waals surface area contributed by atoms with Crippen LogP contribution in [0.4, 0.5) is 34.6 Å². The molecule has 1 aromatic carbocycles. The zero-order chi connectivity index (χ0) is 26.2. The normalized spacial score (nSPS) is 21.1. The molecule has 0 radical (unpaired) electrons. The number of nitrogens with zero attached hydrogens (tertiary/aromatic N) is 3. The van der Waals surface area contributed by atoms with Gasteiger partial charge in [0.05, 0.1) is 28.2 Å². The number of H-pyrrole nitrogens is 1. The van der Waals surface area contributed by atoms with Crippen molar-refractivity contribution in [2.24, 2.45) is 0 Å². The van der Waals surface area contributed by atoms with Crippen molar-refractivity contribution in [3.05, 3.63) is 63.8 Å². The number of aromatic nitrogens is 1. The predicted molar refractivity (Wildman–Crippen MR) is 131 cm³/mol. The van der Waals surface area contributed by atoms with E-state index in [9.17, 15) is 22.8 Å². The van der Waals surface area contributed by atoms with E-state index >= 15 is 4.39 Å². The van der Waals surface area contributed by atoms with Crippen LogP contribution in [0.3, 0.4) is 0 Å². The zero-order valence-electron chi connectivity index (χ0n) is 20.3. The molecule has 0 spiro atoms. The Balaban J connectivity index is 1.77. The van der Waals surface area contributed by atoms with Crippen LogP contribution < -0.4 is 20.7 Å². The molecule has 2 N–H and O–H groups in total. The molecule has 11 heteroatoms. The van der Waals surface area contributed by atoms with Gasteiger partial charge in [0, 0.05) is 56.6 Å². The molecule has 2 atom stereocenters. The van der Waals surface area contributed by atoms with E-state index < -0.39 is 34.6 Å². The first kappa shape index (κ1) is 25.7. The molecule has 2 aliphatic heterocycles. The minimum atomic E-state index is -4.90. The fourth-order valence-corrected chi connectivity index (χ4v) is 4.70. The first-order valence-electron chi connectivity index (χ1n) is 11.8. The van der Waals surface area contributed by atoms with Crippen LogP contribution in [0, 0.1) is 5.82 Å². The number of pyridine rings is 1. The van der Waals surface area contributed by atoms with Crippen LogP contribution in [0.25, 0.3) is 0 Å². The average Bonchev–Trinajstić information content (AvgIpc) is 2.83. The molecule has 36 heavy (non-hydrogen) atoms. The maximum absolute atomic E-state index is 15.4. The number of hydrogen-bond acceptors (Lipinski definition) is 5. The lowest BCUT2D eigenvalue weighted by atomic mass is 10.1. The molecule has 0 aliphatic carbocycles. The molecule has 0 saturated carbocycles. The lowest BCUT2D eigenvalue weighted by Gasteiger charge is -2.44. The monoisotopic (exact) mass is 507 g/mol. The minimum absolute atomic E-state index is 0.128. The minimum Gasteiger partial charge on any atom is -0.367 e. The number of carbonyl (C=O) groups excluding carboxylic acids is 1. The molecule has 7 nitrogen and oxygen atoms in total. The molecule has 1 fully saturated rings. The number of aromatic amines is 1. The topological polar surface area (TPSA) is 71.7 Å². The van der Waals surface area contributed by atoms with Crippen molar-refractivity contribution in [3.8, 4) is 0 Å².